The average molecular weight is 419 g/mol. The van der Waals surface area contributed by atoms with Gasteiger partial charge in [-0.3, -0.25) is 0 Å². The van der Waals surface area contributed by atoms with E-state index >= 15 is 0 Å². The molecule has 0 radical (unpaired) electrons. The molecule has 0 spiro atoms. The highest BCUT2D eigenvalue weighted by atomic mass is 19.2. The first-order valence-corrected chi connectivity index (χ1v) is 9.66. The summed E-state index contributed by atoms with van der Waals surface area (Å²) in [4.78, 5) is 8.39. The van der Waals surface area contributed by atoms with Gasteiger partial charge in [0.05, 0.1) is 5.39 Å². The summed E-state index contributed by atoms with van der Waals surface area (Å²) in [6, 6.07) is 3.98. The fraction of sp³-hybridized carbons (Fsp3) is 0.174. The van der Waals surface area contributed by atoms with Gasteiger partial charge in [-0.1, -0.05) is 36.5 Å². The highest BCUT2D eigenvalue weighted by Crippen LogP contribution is 2.41. The summed E-state index contributed by atoms with van der Waals surface area (Å²) in [5, 5.41) is 20.3. The molecule has 0 fully saturated rings. The van der Waals surface area contributed by atoms with Gasteiger partial charge in [0, 0.05) is 11.6 Å². The molecule has 0 saturated heterocycles. The zero-order chi connectivity index (χ0) is 22.1. The summed E-state index contributed by atoms with van der Waals surface area (Å²) in [5.41, 5.74) is 7.95. The number of fused-ring (bicyclic) bond motifs is 1. The van der Waals surface area contributed by atoms with Crippen molar-refractivity contribution in [3.63, 3.8) is 0 Å². The lowest BCUT2D eigenvalue weighted by molar-refractivity contribution is 0.407. The zero-order valence-electron chi connectivity index (χ0n) is 16.5. The van der Waals surface area contributed by atoms with Crippen LogP contribution >= 0.6 is 0 Å². The molecular formula is C23H19F2N5O. The van der Waals surface area contributed by atoms with Crippen LogP contribution in [-0.2, 0) is 0 Å². The number of anilines is 1. The molecule has 8 heteroatoms. The second kappa shape index (κ2) is 8.03. The zero-order valence-corrected chi connectivity index (χ0v) is 16.5. The van der Waals surface area contributed by atoms with Crippen LogP contribution in [-0.4, -0.2) is 19.6 Å². The Labute approximate surface area is 177 Å². The first-order chi connectivity index (χ1) is 14.9. The quantitative estimate of drug-likeness (QED) is 0.613. The summed E-state index contributed by atoms with van der Waals surface area (Å²) >= 11 is 0. The van der Waals surface area contributed by atoms with Crippen LogP contribution in [0.25, 0.3) is 22.2 Å². The predicted molar refractivity (Wildman–Crippen MR) is 114 cm³/mol. The SMILES string of the molecule is C=C1/C=C\C=C/CCC(n2c(C#N)c(-c3cc(O)c(F)c(F)c3)c3c(N)ncnc32)C1. The Kier molecular flexibility index (Phi) is 5.26. The van der Waals surface area contributed by atoms with Crippen molar-refractivity contribution < 1.29 is 13.9 Å². The molecule has 0 amide bonds. The normalized spacial score (nSPS) is 18.7. The molecule has 6 nitrogen and oxygen atoms in total. The summed E-state index contributed by atoms with van der Waals surface area (Å²) in [6.45, 7) is 4.09. The van der Waals surface area contributed by atoms with Crippen LogP contribution in [0.1, 0.15) is 31.0 Å². The number of allylic oxidation sites excluding steroid dienone is 5. The molecule has 2 aromatic heterocycles. The Bertz CT molecular complexity index is 1280. The van der Waals surface area contributed by atoms with Gasteiger partial charge >= 0.3 is 0 Å². The number of phenols is 1. The number of hydrogen-bond acceptors (Lipinski definition) is 5. The minimum Gasteiger partial charge on any atom is -0.505 e. The average Bonchev–Trinajstić information content (AvgIpc) is 3.12. The van der Waals surface area contributed by atoms with E-state index in [4.69, 9.17) is 5.73 Å². The number of aromatic nitrogens is 3. The van der Waals surface area contributed by atoms with E-state index in [0.29, 0.717) is 23.9 Å². The Balaban J connectivity index is 2.03. The Morgan fingerprint density at radius 1 is 1.26 bits per heavy atom. The highest BCUT2D eigenvalue weighted by Gasteiger charge is 2.27. The number of nitrogens with two attached hydrogens (primary N) is 1. The van der Waals surface area contributed by atoms with Gasteiger partial charge in [0.25, 0.3) is 0 Å². The van der Waals surface area contributed by atoms with Crippen molar-refractivity contribution in [2.75, 3.05) is 5.73 Å². The van der Waals surface area contributed by atoms with Crippen molar-refractivity contribution in [3.8, 4) is 22.9 Å². The molecule has 0 bridgehead atoms. The molecule has 0 saturated carbocycles. The largest absolute Gasteiger partial charge is 0.505 e. The number of phenolic OH excluding ortho intramolecular Hbond substituents is 1. The molecule has 0 aliphatic heterocycles. The molecule has 3 aromatic rings. The van der Waals surface area contributed by atoms with Gasteiger partial charge in [-0.25, -0.2) is 14.4 Å². The molecule has 31 heavy (non-hydrogen) atoms. The van der Waals surface area contributed by atoms with E-state index in [2.05, 4.69) is 22.6 Å². The minimum absolute atomic E-state index is 0.0983. The Hall–Kier alpha value is -3.99. The van der Waals surface area contributed by atoms with Gasteiger partial charge in [0.2, 0.25) is 0 Å². The standard InChI is InChI=1S/C23H19F2N5O/c1-13-6-4-2-3-5-7-15(8-13)30-17(11-26)19(20-22(27)28-12-29-23(20)30)14-9-16(24)21(25)18(31)10-14/h2-4,6,9-10,12,15,31H,1,5,7-8H2,(H2,27,28,29)/b3-2-,6-4-. The Morgan fingerprint density at radius 3 is 2.81 bits per heavy atom. The van der Waals surface area contributed by atoms with E-state index in [-0.39, 0.29) is 28.7 Å². The van der Waals surface area contributed by atoms with Gasteiger partial charge < -0.3 is 15.4 Å². The van der Waals surface area contributed by atoms with Crippen LogP contribution < -0.4 is 5.73 Å². The van der Waals surface area contributed by atoms with Crippen LogP contribution in [0.15, 0.2) is 54.9 Å². The summed E-state index contributed by atoms with van der Waals surface area (Å²) in [7, 11) is 0. The Morgan fingerprint density at radius 2 is 2.06 bits per heavy atom. The van der Waals surface area contributed by atoms with Gasteiger partial charge in [-0.15, -0.1) is 0 Å². The summed E-state index contributed by atoms with van der Waals surface area (Å²) < 4.78 is 29.6. The smallest absolute Gasteiger partial charge is 0.200 e. The van der Waals surface area contributed by atoms with Crippen LogP contribution in [0.4, 0.5) is 14.6 Å². The number of benzene rings is 1. The molecule has 1 aromatic carbocycles. The van der Waals surface area contributed by atoms with Crippen LogP contribution in [0.3, 0.4) is 0 Å². The molecule has 1 aliphatic carbocycles. The number of rotatable bonds is 2. The molecule has 1 atom stereocenters. The lowest BCUT2D eigenvalue weighted by Gasteiger charge is -2.20. The second-order valence-electron chi connectivity index (χ2n) is 7.33. The van der Waals surface area contributed by atoms with E-state index in [9.17, 15) is 19.1 Å². The number of nitrogens with zero attached hydrogens (tertiary/aromatic N) is 4. The predicted octanol–water partition coefficient (Wildman–Crippen LogP) is 4.93. The molecule has 2 heterocycles. The summed E-state index contributed by atoms with van der Waals surface area (Å²) in [6.07, 6.45) is 11.1. The topological polar surface area (TPSA) is 101 Å². The first-order valence-electron chi connectivity index (χ1n) is 9.66. The maximum atomic E-state index is 14.1. The van der Waals surface area contributed by atoms with Crippen LogP contribution in [0, 0.1) is 23.0 Å². The van der Waals surface area contributed by atoms with Crippen LogP contribution in [0.5, 0.6) is 5.75 Å². The van der Waals surface area contributed by atoms with Crippen LogP contribution in [0.2, 0.25) is 0 Å². The van der Waals surface area contributed by atoms with Gasteiger partial charge in [-0.2, -0.15) is 9.65 Å². The number of halogens is 2. The van der Waals surface area contributed by atoms with E-state index in [1.807, 2.05) is 24.3 Å². The minimum atomic E-state index is -1.36. The van der Waals surface area contributed by atoms with Gasteiger partial charge in [-0.05, 0) is 37.0 Å². The molecule has 1 unspecified atom stereocenters. The van der Waals surface area contributed by atoms with E-state index in [1.54, 1.807) is 4.57 Å². The van der Waals surface area contributed by atoms with Crippen molar-refractivity contribution >= 4 is 16.9 Å². The molecular weight excluding hydrogens is 400 g/mol. The lowest BCUT2D eigenvalue weighted by atomic mass is 10.0. The van der Waals surface area contributed by atoms with Gasteiger partial charge in [0.1, 0.15) is 29.6 Å². The monoisotopic (exact) mass is 419 g/mol. The fourth-order valence-electron chi connectivity index (χ4n) is 3.97. The maximum Gasteiger partial charge on any atom is 0.200 e. The second-order valence-corrected chi connectivity index (χ2v) is 7.33. The van der Waals surface area contributed by atoms with Crippen molar-refractivity contribution in [2.24, 2.45) is 0 Å². The number of nitrogen functional groups attached to an aromatic ring is 1. The number of nitriles is 1. The summed E-state index contributed by atoms with van der Waals surface area (Å²) in [5.74, 6) is -3.36. The third kappa shape index (κ3) is 3.55. The fourth-order valence-corrected chi connectivity index (χ4v) is 3.97. The lowest BCUT2D eigenvalue weighted by Crippen LogP contribution is -2.12. The van der Waals surface area contributed by atoms with Crippen molar-refractivity contribution in [1.82, 2.24) is 14.5 Å². The molecule has 4 rings (SSSR count). The maximum absolute atomic E-state index is 14.1. The number of hydrogen-bond donors (Lipinski definition) is 2. The van der Waals surface area contributed by atoms with E-state index < -0.39 is 17.4 Å². The van der Waals surface area contributed by atoms with Crippen molar-refractivity contribution in [1.29, 1.82) is 5.26 Å². The number of aromatic hydroxyl groups is 1. The third-order valence-corrected chi connectivity index (χ3v) is 5.32. The third-order valence-electron chi connectivity index (χ3n) is 5.32. The van der Waals surface area contributed by atoms with E-state index in [0.717, 1.165) is 24.1 Å². The molecule has 1 aliphatic rings. The highest BCUT2D eigenvalue weighted by molar-refractivity contribution is 6.03. The van der Waals surface area contributed by atoms with E-state index in [1.165, 1.54) is 6.33 Å². The first kappa shape index (κ1) is 20.3. The molecule has 156 valence electrons. The van der Waals surface area contributed by atoms with Gasteiger partial charge in [0.15, 0.2) is 17.4 Å². The molecule has 3 N–H and O–H groups in total. The van der Waals surface area contributed by atoms with Crippen molar-refractivity contribution in [2.45, 2.75) is 25.3 Å². The van der Waals surface area contributed by atoms with Crippen molar-refractivity contribution in [3.05, 3.63) is 72.2 Å².